The third-order valence-electron chi connectivity index (χ3n) is 4.29. The molecular weight excluding hydrogens is 248 g/mol. The molecule has 0 aromatic carbocycles. The summed E-state index contributed by atoms with van der Waals surface area (Å²) in [6.45, 7) is 4.00. The van der Waals surface area contributed by atoms with E-state index in [1.54, 1.807) is 0 Å². The van der Waals surface area contributed by atoms with Crippen LogP contribution in [0.5, 0.6) is 0 Å². The van der Waals surface area contributed by atoms with Gasteiger partial charge in [0.25, 0.3) is 0 Å². The summed E-state index contributed by atoms with van der Waals surface area (Å²) in [5.74, 6) is 1.26. The Kier molecular flexibility index (Phi) is 7.02. The number of carbonyl (C=O) groups is 1. The third-order valence-corrected chi connectivity index (χ3v) is 4.29. The van der Waals surface area contributed by atoms with Gasteiger partial charge in [0.2, 0.25) is 5.91 Å². The minimum absolute atomic E-state index is 0. The predicted molar refractivity (Wildman–Crippen MR) is 77.0 cm³/mol. The molecule has 0 spiro atoms. The van der Waals surface area contributed by atoms with Gasteiger partial charge < -0.3 is 10.6 Å². The van der Waals surface area contributed by atoms with Crippen LogP contribution < -0.4 is 10.6 Å². The molecule has 0 radical (unpaired) electrons. The van der Waals surface area contributed by atoms with Crippen LogP contribution >= 0.6 is 12.4 Å². The van der Waals surface area contributed by atoms with E-state index in [4.69, 9.17) is 0 Å². The van der Waals surface area contributed by atoms with Gasteiger partial charge in [-0.15, -0.1) is 12.4 Å². The average molecular weight is 275 g/mol. The number of amides is 1. The monoisotopic (exact) mass is 274 g/mol. The van der Waals surface area contributed by atoms with Crippen molar-refractivity contribution in [1.82, 2.24) is 10.6 Å². The van der Waals surface area contributed by atoms with E-state index >= 15 is 0 Å². The molecule has 0 aromatic rings. The maximum absolute atomic E-state index is 11.9. The summed E-state index contributed by atoms with van der Waals surface area (Å²) >= 11 is 0. The minimum atomic E-state index is 0. The molecule has 1 saturated heterocycles. The lowest BCUT2D eigenvalue weighted by molar-refractivity contribution is -0.125. The number of carbonyl (C=O) groups excluding carboxylic acids is 1. The molecule has 2 unspecified atom stereocenters. The summed E-state index contributed by atoms with van der Waals surface area (Å²) in [7, 11) is 0. The molecule has 1 heterocycles. The highest BCUT2D eigenvalue weighted by molar-refractivity contribution is 5.85. The van der Waals surface area contributed by atoms with Crippen LogP contribution in [0.4, 0.5) is 0 Å². The largest absolute Gasteiger partial charge is 0.354 e. The zero-order valence-electron chi connectivity index (χ0n) is 11.4. The summed E-state index contributed by atoms with van der Waals surface area (Å²) in [6.07, 6.45) is 8.94. The first-order valence-corrected chi connectivity index (χ1v) is 7.27. The number of nitrogens with one attached hydrogen (secondary N) is 2. The highest BCUT2D eigenvalue weighted by Crippen LogP contribution is 2.30. The Labute approximate surface area is 117 Å². The number of rotatable bonds is 5. The van der Waals surface area contributed by atoms with E-state index in [2.05, 4.69) is 17.6 Å². The summed E-state index contributed by atoms with van der Waals surface area (Å²) in [5.41, 5.74) is 0. The first-order chi connectivity index (χ1) is 8.25. The Hall–Kier alpha value is -0.280. The van der Waals surface area contributed by atoms with E-state index in [9.17, 15) is 4.79 Å². The molecule has 2 fully saturated rings. The quantitative estimate of drug-likeness (QED) is 0.809. The number of halogens is 1. The lowest BCUT2D eigenvalue weighted by Crippen LogP contribution is -2.39. The lowest BCUT2D eigenvalue weighted by Gasteiger charge is -2.18. The van der Waals surface area contributed by atoms with Crippen molar-refractivity contribution < 1.29 is 4.79 Å². The maximum atomic E-state index is 11.9. The summed E-state index contributed by atoms with van der Waals surface area (Å²) in [6, 6.07) is 0.512. The molecule has 1 aliphatic heterocycles. The molecule has 18 heavy (non-hydrogen) atoms. The molecule has 3 nitrogen and oxygen atoms in total. The highest BCUT2D eigenvalue weighted by atomic mass is 35.5. The van der Waals surface area contributed by atoms with Gasteiger partial charge in [-0.05, 0) is 31.7 Å². The Balaban J connectivity index is 0.00000162. The Bertz CT molecular complexity index is 248. The summed E-state index contributed by atoms with van der Waals surface area (Å²) in [5, 5.41) is 6.51. The average Bonchev–Trinajstić information content (AvgIpc) is 2.98. The fourth-order valence-electron chi connectivity index (χ4n) is 3.18. The minimum Gasteiger partial charge on any atom is -0.354 e. The Morgan fingerprint density at radius 2 is 2.00 bits per heavy atom. The Morgan fingerprint density at radius 3 is 2.61 bits per heavy atom. The molecule has 2 atom stereocenters. The molecule has 1 aliphatic carbocycles. The van der Waals surface area contributed by atoms with Gasteiger partial charge in [0.05, 0.1) is 0 Å². The first-order valence-electron chi connectivity index (χ1n) is 7.27. The van der Waals surface area contributed by atoms with Crippen molar-refractivity contribution in [2.75, 3.05) is 13.1 Å². The second-order valence-corrected chi connectivity index (χ2v) is 5.83. The molecule has 2 rings (SSSR count). The van der Waals surface area contributed by atoms with Gasteiger partial charge in [0.1, 0.15) is 0 Å². The predicted octanol–water partition coefficient (Wildman–Crippen LogP) is 2.49. The van der Waals surface area contributed by atoms with Crippen LogP contribution in [0.25, 0.3) is 0 Å². The van der Waals surface area contributed by atoms with Gasteiger partial charge in [-0.2, -0.15) is 0 Å². The van der Waals surface area contributed by atoms with Crippen LogP contribution in [-0.4, -0.2) is 25.0 Å². The van der Waals surface area contributed by atoms with Crippen molar-refractivity contribution in [1.29, 1.82) is 0 Å². The SMILES string of the molecule is CC(CC1CCCC1)C(=O)NCC1CCCN1.Cl. The van der Waals surface area contributed by atoms with Crippen LogP contribution in [-0.2, 0) is 4.79 Å². The van der Waals surface area contributed by atoms with Crippen molar-refractivity contribution in [3.05, 3.63) is 0 Å². The molecule has 2 aliphatic rings. The normalized spacial score (nSPS) is 25.7. The number of hydrogen-bond acceptors (Lipinski definition) is 2. The van der Waals surface area contributed by atoms with Crippen LogP contribution in [0.15, 0.2) is 0 Å². The van der Waals surface area contributed by atoms with Gasteiger partial charge in [-0.3, -0.25) is 4.79 Å². The van der Waals surface area contributed by atoms with Crippen LogP contribution in [0.1, 0.15) is 51.9 Å². The van der Waals surface area contributed by atoms with E-state index in [1.165, 1.54) is 38.5 Å². The van der Waals surface area contributed by atoms with Gasteiger partial charge in [-0.1, -0.05) is 32.6 Å². The Morgan fingerprint density at radius 1 is 1.28 bits per heavy atom. The molecule has 0 bridgehead atoms. The third kappa shape index (κ3) is 4.77. The fraction of sp³-hybridized carbons (Fsp3) is 0.929. The molecular formula is C14H27ClN2O. The zero-order chi connectivity index (χ0) is 12.1. The molecule has 4 heteroatoms. The van der Waals surface area contributed by atoms with E-state index in [0.717, 1.165) is 25.4 Å². The van der Waals surface area contributed by atoms with Crippen LogP contribution in [0.3, 0.4) is 0 Å². The zero-order valence-corrected chi connectivity index (χ0v) is 12.2. The maximum Gasteiger partial charge on any atom is 0.222 e. The van der Waals surface area contributed by atoms with Gasteiger partial charge in [-0.25, -0.2) is 0 Å². The van der Waals surface area contributed by atoms with Crippen molar-refractivity contribution in [3.63, 3.8) is 0 Å². The van der Waals surface area contributed by atoms with Gasteiger partial charge >= 0.3 is 0 Å². The van der Waals surface area contributed by atoms with Crippen LogP contribution in [0, 0.1) is 11.8 Å². The molecule has 1 amide bonds. The van der Waals surface area contributed by atoms with E-state index < -0.39 is 0 Å². The fourth-order valence-corrected chi connectivity index (χ4v) is 3.18. The number of hydrogen-bond donors (Lipinski definition) is 2. The van der Waals surface area contributed by atoms with E-state index in [-0.39, 0.29) is 24.2 Å². The molecule has 2 N–H and O–H groups in total. The smallest absolute Gasteiger partial charge is 0.222 e. The van der Waals surface area contributed by atoms with E-state index in [1.807, 2.05) is 0 Å². The van der Waals surface area contributed by atoms with Crippen molar-refractivity contribution in [2.45, 2.75) is 57.9 Å². The topological polar surface area (TPSA) is 41.1 Å². The first kappa shape index (κ1) is 15.8. The molecule has 1 saturated carbocycles. The standard InChI is InChI=1S/C14H26N2O.ClH/c1-11(9-12-5-2-3-6-12)14(17)16-10-13-7-4-8-15-13;/h11-13,15H,2-10H2,1H3,(H,16,17);1H. The van der Waals surface area contributed by atoms with E-state index in [0.29, 0.717) is 6.04 Å². The highest BCUT2D eigenvalue weighted by Gasteiger charge is 2.22. The second-order valence-electron chi connectivity index (χ2n) is 5.83. The van der Waals surface area contributed by atoms with Crippen molar-refractivity contribution >= 4 is 18.3 Å². The van der Waals surface area contributed by atoms with Crippen LogP contribution in [0.2, 0.25) is 0 Å². The second kappa shape index (κ2) is 8.00. The van der Waals surface area contributed by atoms with Crippen molar-refractivity contribution in [3.8, 4) is 0 Å². The van der Waals surface area contributed by atoms with Crippen molar-refractivity contribution in [2.24, 2.45) is 11.8 Å². The lowest BCUT2D eigenvalue weighted by atomic mass is 9.94. The summed E-state index contributed by atoms with van der Waals surface area (Å²) in [4.78, 5) is 11.9. The van der Waals surface area contributed by atoms with Gasteiger partial charge in [0.15, 0.2) is 0 Å². The molecule has 106 valence electrons. The summed E-state index contributed by atoms with van der Waals surface area (Å²) < 4.78 is 0. The molecule has 0 aromatic heterocycles. The van der Waals surface area contributed by atoms with Gasteiger partial charge in [0, 0.05) is 18.5 Å².